The minimum atomic E-state index is 0.161. The van der Waals surface area contributed by atoms with Crippen LogP contribution >= 0.6 is 0 Å². The average molecular weight is 1880 g/mol. The maximum atomic E-state index is 6.15. The Morgan fingerprint density at radius 2 is 0.291 bits per heavy atom. The zero-order chi connectivity index (χ0) is 99.6. The van der Waals surface area contributed by atoms with Gasteiger partial charge in [0.2, 0.25) is 0 Å². The van der Waals surface area contributed by atoms with E-state index >= 15 is 0 Å². The van der Waals surface area contributed by atoms with Gasteiger partial charge in [-0.05, 0) is 527 Å². The van der Waals surface area contributed by atoms with Gasteiger partial charge >= 0.3 is 0 Å². The minimum absolute atomic E-state index is 0.161. The first-order chi connectivity index (χ1) is 63.0. The van der Waals surface area contributed by atoms with Crippen molar-refractivity contribution < 1.29 is 4.74 Å². The van der Waals surface area contributed by atoms with Gasteiger partial charge in [0.05, 0.1) is 12.2 Å². The minimum Gasteiger partial charge on any atom is -0.372 e. The first-order valence-corrected chi connectivity index (χ1v) is 59.2. The molecule has 13 saturated heterocycles. The third-order valence-electron chi connectivity index (χ3n) is 36.8. The summed E-state index contributed by atoms with van der Waals surface area (Å²) in [5, 5.41) is 0. The predicted molar refractivity (Wildman–Crippen MR) is 591 cm³/mol. The fraction of sp³-hybridized carbons (Fsp3) is 1.00. The molecule has 134 heavy (non-hydrogen) atoms. The number of likely N-dealkylation sites (tertiary alicyclic amines) is 12. The van der Waals surface area contributed by atoms with Crippen LogP contribution in [0.1, 0.15) is 461 Å². The summed E-state index contributed by atoms with van der Waals surface area (Å²) in [4.78, 5) is 34.3. The van der Waals surface area contributed by atoms with E-state index in [9.17, 15) is 0 Å². The molecule has 14 heteroatoms. The highest BCUT2D eigenvalue weighted by molar-refractivity contribution is 5.02. The van der Waals surface area contributed by atoms with Crippen molar-refractivity contribution in [1.29, 1.82) is 0 Å². The second-order valence-electron chi connectivity index (χ2n) is 53.9. The van der Waals surface area contributed by atoms with Crippen molar-refractivity contribution in [2.75, 3.05) is 177 Å². The van der Waals surface area contributed by atoms with Crippen LogP contribution in [0.2, 0.25) is 0 Å². The molecule has 8 spiro atoms. The number of piperidine rings is 10. The molecule has 0 bridgehead atoms. The molecule has 0 N–H and O–H groups in total. The third-order valence-corrected chi connectivity index (χ3v) is 36.8. The number of nitrogens with zero attached hydrogens (tertiary/aromatic N) is 13. The largest absolute Gasteiger partial charge is 0.372 e. The summed E-state index contributed by atoms with van der Waals surface area (Å²) < 4.78 is 6.15. The molecule has 3 aliphatic carbocycles. The molecule has 0 atom stereocenters. The van der Waals surface area contributed by atoms with Crippen LogP contribution in [0.5, 0.6) is 0 Å². The van der Waals surface area contributed by atoms with Gasteiger partial charge in [-0.1, -0.05) is 107 Å². The summed E-state index contributed by atoms with van der Waals surface area (Å²) in [5.41, 5.74) is 5.28. The van der Waals surface area contributed by atoms with Crippen LogP contribution in [0, 0.1) is 55.7 Å². The van der Waals surface area contributed by atoms with Gasteiger partial charge in [0, 0.05) is 131 Å². The molecule has 16 rings (SSSR count). The summed E-state index contributed by atoms with van der Waals surface area (Å²) in [6, 6.07) is 9.52. The van der Waals surface area contributed by atoms with Crippen molar-refractivity contribution >= 4 is 0 Å². The second kappa shape index (κ2) is 59.3. The van der Waals surface area contributed by atoms with E-state index in [4.69, 9.17) is 4.74 Å². The van der Waals surface area contributed by atoms with Crippen molar-refractivity contribution in [3.63, 3.8) is 0 Å². The van der Waals surface area contributed by atoms with Crippen LogP contribution < -0.4 is 0 Å². The Morgan fingerprint density at radius 1 is 0.134 bits per heavy atom. The molecule has 0 aromatic carbocycles. The first-order valence-electron chi connectivity index (χ1n) is 59.2. The van der Waals surface area contributed by atoms with E-state index in [1.54, 1.807) is 0 Å². The summed E-state index contributed by atoms with van der Waals surface area (Å²) in [6.07, 6.45) is 49.6. The molecule has 13 heterocycles. The lowest BCUT2D eigenvalue weighted by Gasteiger charge is -2.56. The first kappa shape index (κ1) is 122. The normalized spacial score (nSPS) is 26.1. The van der Waals surface area contributed by atoms with Crippen molar-refractivity contribution in [2.45, 2.75) is 545 Å². The van der Waals surface area contributed by atoms with Gasteiger partial charge in [-0.3, -0.25) is 9.80 Å². The van der Waals surface area contributed by atoms with E-state index in [-0.39, 0.29) is 5.60 Å². The van der Waals surface area contributed by atoms with Crippen LogP contribution in [0.15, 0.2) is 0 Å². The Morgan fingerprint density at radius 3 is 0.515 bits per heavy atom. The molecule has 794 valence electrons. The van der Waals surface area contributed by atoms with E-state index in [1.165, 1.54) is 375 Å². The van der Waals surface area contributed by atoms with E-state index < -0.39 is 0 Å². The van der Waals surface area contributed by atoms with Gasteiger partial charge in [0.25, 0.3) is 0 Å². The Kier molecular flexibility index (Phi) is 54.0. The number of hydrogen-bond acceptors (Lipinski definition) is 14. The molecule has 3 saturated carbocycles. The zero-order valence-electron chi connectivity index (χ0n) is 97.6. The summed E-state index contributed by atoms with van der Waals surface area (Å²) in [7, 11) is 0. The zero-order valence-corrected chi connectivity index (χ0v) is 97.6. The SMILES string of the molecule is CC(C)C.CC(C)C.CC(C)C.CC(C)N1CCC2(CC1)CCN(C(C)C)C2.CC(C)N1CCC2(CC1)CCN(C(C)C)CC2.CC(C)N1CCC2(CC1)CN(C(C)C)C2.CC(C)N1CCC2(CC1)CN(C(C)C)CCO2.CC(C)N1CCC2(CCCC2)CC1.CC(C)N1CCC2(CCCC2)CC1.CC(C)N1CCC2(CCCCC2)CC1.CC(C)N1CCC2(CCCN(C(C)C)C2)CC1. The Balaban J connectivity index is 0.000000231. The Labute approximate surface area is 840 Å². The van der Waals surface area contributed by atoms with E-state index in [0.717, 1.165) is 120 Å². The Bertz CT molecular complexity index is 2780. The summed E-state index contributed by atoms with van der Waals surface area (Å²) in [5.74, 6) is 2.50. The van der Waals surface area contributed by atoms with Crippen molar-refractivity contribution in [1.82, 2.24) is 63.7 Å². The van der Waals surface area contributed by atoms with Crippen molar-refractivity contribution in [2.24, 2.45) is 55.7 Å². The third kappa shape index (κ3) is 41.4. The van der Waals surface area contributed by atoms with Crippen LogP contribution in [0.25, 0.3) is 0 Å². The van der Waals surface area contributed by atoms with Gasteiger partial charge in [-0.25, -0.2) is 0 Å². The smallest absolute Gasteiger partial charge is 0.0833 e. The second-order valence-corrected chi connectivity index (χ2v) is 53.9. The number of rotatable bonds is 13. The highest BCUT2D eigenvalue weighted by Crippen LogP contribution is 2.51. The van der Waals surface area contributed by atoms with Gasteiger partial charge in [-0.15, -0.1) is 0 Å². The lowest BCUT2D eigenvalue weighted by molar-refractivity contribution is -0.143. The highest BCUT2D eigenvalue weighted by atomic mass is 16.5. The van der Waals surface area contributed by atoms with Gasteiger partial charge in [-0.2, -0.15) is 0 Å². The van der Waals surface area contributed by atoms with Crippen LogP contribution in [-0.4, -0.2) is 325 Å². The van der Waals surface area contributed by atoms with E-state index in [1.807, 2.05) is 0 Å². The topological polar surface area (TPSA) is 51.4 Å². The lowest BCUT2D eigenvalue weighted by Crippen LogP contribution is -2.62. The number of hydrogen-bond donors (Lipinski definition) is 0. The molecule has 16 fully saturated rings. The van der Waals surface area contributed by atoms with Gasteiger partial charge < -0.3 is 58.6 Å². The summed E-state index contributed by atoms with van der Waals surface area (Å²) >= 11 is 0. The summed E-state index contributed by atoms with van der Waals surface area (Å²) in [6.45, 7) is 115. The monoisotopic (exact) mass is 1880 g/mol. The molecule has 0 aromatic rings. The van der Waals surface area contributed by atoms with E-state index in [0.29, 0.717) is 33.7 Å². The molecule has 13 aliphatic heterocycles. The van der Waals surface area contributed by atoms with E-state index in [2.05, 4.69) is 306 Å². The van der Waals surface area contributed by atoms with Crippen LogP contribution in [-0.2, 0) is 4.74 Å². The van der Waals surface area contributed by atoms with Crippen molar-refractivity contribution in [3.05, 3.63) is 0 Å². The molecule has 0 amide bonds. The standard InChI is InChI=1S/2C15H30N2.C14H28N2O.C14H28N2.C13H26N2.C13H25N.2C12H23N.3C4H10/c1-13(2)16-9-5-15(6-10-16)7-11-17(12-8-15)14(3)4;1-13(2)16-10-7-15(8-11-16)6-5-9-17(12-15)14(3)4;1-12(2)15-7-5-14(6-8-15)11-16(13(3)4)9-10-17-14;1-12(2)15-8-5-14(6-9-15)7-10-16(11-14)13(3)4;1-11(2)14-7-5-13(6-8-14)9-15(10-13)12(3)4;1-12(2)14-10-8-13(9-11-14)6-4-3-5-7-13;2*1-11(2)13-9-7-12(8-10-13)5-3-4-6-12;3*1-4(2)3/h2*13-14H,5-12H2,1-4H3;12-13H,5-11H2,1-4H3;12-13H,5-11H2,1-4H3;11-12H,5-10H2,1-4H3;12H,3-11H2,1-2H3;2*11H,3-10H2,1-2H3;3*4H,1-3H3. The molecular formula is C120H243N13O. The quantitative estimate of drug-likeness (QED) is 0.176. The molecule has 14 nitrogen and oxygen atoms in total. The molecule has 0 radical (unpaired) electrons. The fourth-order valence-electron chi connectivity index (χ4n) is 26.1. The molecule has 0 unspecified atom stereocenters. The maximum Gasteiger partial charge on any atom is 0.0833 e. The van der Waals surface area contributed by atoms with Crippen LogP contribution in [0.4, 0.5) is 0 Å². The lowest BCUT2D eigenvalue weighted by atomic mass is 9.68. The predicted octanol–water partition coefficient (Wildman–Crippen LogP) is 27.3. The van der Waals surface area contributed by atoms with Crippen molar-refractivity contribution in [3.8, 4) is 0 Å². The number of ether oxygens (including phenoxy) is 1. The average Bonchev–Trinajstić information content (AvgIpc) is 0.890. The fourth-order valence-corrected chi connectivity index (χ4v) is 26.1. The molecular weight excluding hydrogens is 1640 g/mol. The maximum absolute atomic E-state index is 6.15. The van der Waals surface area contributed by atoms with Gasteiger partial charge in [0.1, 0.15) is 0 Å². The Hall–Kier alpha value is -0.560. The molecule has 16 aliphatic rings. The van der Waals surface area contributed by atoms with Gasteiger partial charge in [0.15, 0.2) is 0 Å². The molecule has 0 aromatic heterocycles. The van der Waals surface area contributed by atoms with Crippen LogP contribution in [0.3, 0.4) is 0 Å². The number of morpholine rings is 1. The highest BCUT2D eigenvalue weighted by Gasteiger charge is 2.49.